The third kappa shape index (κ3) is 3.13. The second-order valence-corrected chi connectivity index (χ2v) is 4.86. The van der Waals surface area contributed by atoms with Crippen molar-refractivity contribution >= 4 is 22.3 Å². The second-order valence-electron chi connectivity index (χ2n) is 3.97. The van der Waals surface area contributed by atoms with Crippen LogP contribution in [0.4, 0.5) is 5.13 Å². The first kappa shape index (κ1) is 12.7. The number of nitrogens with two attached hydrogens (primary N) is 1. The van der Waals surface area contributed by atoms with E-state index in [4.69, 9.17) is 5.73 Å². The van der Waals surface area contributed by atoms with Crippen LogP contribution in [0.2, 0.25) is 0 Å². The van der Waals surface area contributed by atoms with E-state index >= 15 is 0 Å². The van der Waals surface area contributed by atoms with E-state index in [1.54, 1.807) is 4.68 Å². The number of hydrogen-bond donors (Lipinski definition) is 1. The lowest BCUT2D eigenvalue weighted by atomic mass is 10.2. The molecule has 6 nitrogen and oxygen atoms in total. The first-order valence-electron chi connectivity index (χ1n) is 5.77. The highest BCUT2D eigenvalue weighted by Crippen LogP contribution is 2.12. The number of rotatable bonds is 6. The molecule has 0 atom stereocenters. The molecule has 7 heteroatoms. The van der Waals surface area contributed by atoms with E-state index in [1.165, 1.54) is 17.7 Å². The van der Waals surface area contributed by atoms with Crippen molar-refractivity contribution in [3.05, 3.63) is 23.2 Å². The summed E-state index contributed by atoms with van der Waals surface area (Å²) in [6.07, 6.45) is 3.04. The highest BCUT2D eigenvalue weighted by molar-refractivity contribution is 7.13. The largest absolute Gasteiger partial charge is 0.375 e. The van der Waals surface area contributed by atoms with Crippen LogP contribution in [0.15, 0.2) is 11.7 Å². The molecule has 0 aliphatic rings. The van der Waals surface area contributed by atoms with Crippen LogP contribution in [0.5, 0.6) is 0 Å². The molecule has 18 heavy (non-hydrogen) atoms. The topological polar surface area (TPSA) is 86.7 Å². The van der Waals surface area contributed by atoms with Crippen molar-refractivity contribution in [1.82, 2.24) is 19.7 Å². The highest BCUT2D eigenvalue weighted by atomic mass is 32.1. The first-order chi connectivity index (χ1) is 8.69. The van der Waals surface area contributed by atoms with Gasteiger partial charge in [-0.3, -0.25) is 4.79 Å². The van der Waals surface area contributed by atoms with Crippen molar-refractivity contribution in [2.45, 2.75) is 32.7 Å². The van der Waals surface area contributed by atoms with E-state index in [2.05, 4.69) is 22.0 Å². The molecular formula is C11H15N5OS. The van der Waals surface area contributed by atoms with Crippen LogP contribution in [-0.2, 0) is 24.2 Å². The van der Waals surface area contributed by atoms with Gasteiger partial charge in [-0.1, -0.05) is 6.92 Å². The maximum atomic E-state index is 11.9. The standard InChI is InChI=1S/C11H15N5OS/c1-2-3-16-10(13-7-14-16)5-9(17)4-8-6-18-11(12)15-8/h6-7H,2-5H2,1H3,(H2,12,15). The van der Waals surface area contributed by atoms with Crippen molar-refractivity contribution in [2.24, 2.45) is 0 Å². The van der Waals surface area contributed by atoms with Crippen LogP contribution < -0.4 is 5.73 Å². The zero-order chi connectivity index (χ0) is 13.0. The summed E-state index contributed by atoms with van der Waals surface area (Å²) in [4.78, 5) is 20.1. The van der Waals surface area contributed by atoms with Gasteiger partial charge in [0.2, 0.25) is 0 Å². The van der Waals surface area contributed by atoms with Crippen LogP contribution in [0, 0.1) is 0 Å². The molecule has 2 aromatic rings. The molecule has 2 heterocycles. The van der Waals surface area contributed by atoms with E-state index in [0.717, 1.165) is 18.7 Å². The van der Waals surface area contributed by atoms with E-state index in [1.807, 2.05) is 5.38 Å². The number of aryl methyl sites for hydroxylation is 1. The van der Waals surface area contributed by atoms with E-state index in [9.17, 15) is 4.79 Å². The fraction of sp³-hybridized carbons (Fsp3) is 0.455. The first-order valence-corrected chi connectivity index (χ1v) is 6.65. The third-order valence-corrected chi connectivity index (χ3v) is 3.16. The zero-order valence-corrected chi connectivity index (χ0v) is 11.0. The molecule has 0 saturated heterocycles. The van der Waals surface area contributed by atoms with Crippen LogP contribution in [-0.4, -0.2) is 25.5 Å². The van der Waals surface area contributed by atoms with Crippen molar-refractivity contribution in [3.63, 3.8) is 0 Å². The normalized spacial score (nSPS) is 10.7. The number of carbonyl (C=O) groups excluding carboxylic acids is 1. The van der Waals surface area contributed by atoms with Crippen LogP contribution in [0.25, 0.3) is 0 Å². The minimum Gasteiger partial charge on any atom is -0.375 e. The van der Waals surface area contributed by atoms with Gasteiger partial charge in [0.05, 0.1) is 18.5 Å². The Morgan fingerprint density at radius 1 is 1.50 bits per heavy atom. The predicted octanol–water partition coefficient (Wildman–Crippen LogP) is 1.08. The van der Waals surface area contributed by atoms with E-state index in [0.29, 0.717) is 17.4 Å². The second kappa shape index (κ2) is 5.72. The maximum Gasteiger partial charge on any atom is 0.180 e. The summed E-state index contributed by atoms with van der Waals surface area (Å²) in [6.45, 7) is 2.84. The van der Waals surface area contributed by atoms with Gasteiger partial charge in [-0.05, 0) is 6.42 Å². The molecular weight excluding hydrogens is 250 g/mol. The fourth-order valence-corrected chi connectivity index (χ4v) is 2.23. The Kier molecular flexibility index (Phi) is 4.03. The smallest absolute Gasteiger partial charge is 0.180 e. The SMILES string of the molecule is CCCn1ncnc1CC(=O)Cc1csc(N)n1. The minimum absolute atomic E-state index is 0.0747. The number of Topliss-reactive ketones (excluding diaryl/α,β-unsaturated/α-hetero) is 1. The number of nitrogen functional groups attached to an aromatic ring is 1. The van der Waals surface area contributed by atoms with Crippen molar-refractivity contribution < 1.29 is 4.79 Å². The number of thiazole rings is 1. The molecule has 0 saturated carbocycles. The molecule has 0 amide bonds. The molecule has 0 bridgehead atoms. The molecule has 96 valence electrons. The Morgan fingerprint density at radius 2 is 2.33 bits per heavy atom. The lowest BCUT2D eigenvalue weighted by Crippen LogP contribution is -2.13. The van der Waals surface area contributed by atoms with Gasteiger partial charge >= 0.3 is 0 Å². The molecule has 0 aromatic carbocycles. The van der Waals surface area contributed by atoms with Gasteiger partial charge in [0.15, 0.2) is 5.13 Å². The Balaban J connectivity index is 1.96. The Labute approximate surface area is 109 Å². The minimum atomic E-state index is 0.0747. The van der Waals surface area contributed by atoms with Crippen molar-refractivity contribution in [1.29, 1.82) is 0 Å². The summed E-state index contributed by atoms with van der Waals surface area (Å²) in [5, 5.41) is 6.39. The molecule has 0 spiro atoms. The lowest BCUT2D eigenvalue weighted by Gasteiger charge is -2.03. The predicted molar refractivity (Wildman–Crippen MR) is 69.3 cm³/mol. The third-order valence-electron chi connectivity index (χ3n) is 2.43. The van der Waals surface area contributed by atoms with Crippen molar-refractivity contribution in [3.8, 4) is 0 Å². The molecule has 0 unspecified atom stereocenters. The highest BCUT2D eigenvalue weighted by Gasteiger charge is 2.12. The van der Waals surface area contributed by atoms with Gasteiger partial charge in [0.1, 0.15) is 17.9 Å². The summed E-state index contributed by atoms with van der Waals surface area (Å²) < 4.78 is 1.77. The van der Waals surface area contributed by atoms with E-state index < -0.39 is 0 Å². The average Bonchev–Trinajstić information content (AvgIpc) is 2.90. The summed E-state index contributed by atoms with van der Waals surface area (Å²) in [5.74, 6) is 0.788. The number of anilines is 1. The summed E-state index contributed by atoms with van der Waals surface area (Å²) >= 11 is 1.35. The Bertz CT molecular complexity index is 533. The molecule has 0 radical (unpaired) electrons. The van der Waals surface area contributed by atoms with Crippen LogP contribution in [0.1, 0.15) is 24.9 Å². The molecule has 0 fully saturated rings. The Morgan fingerprint density at radius 3 is 3.00 bits per heavy atom. The van der Waals surface area contributed by atoms with Gasteiger partial charge in [0, 0.05) is 11.9 Å². The van der Waals surface area contributed by atoms with Gasteiger partial charge in [-0.2, -0.15) is 5.10 Å². The van der Waals surface area contributed by atoms with Gasteiger partial charge in [-0.25, -0.2) is 14.6 Å². The number of carbonyl (C=O) groups is 1. The lowest BCUT2D eigenvalue weighted by molar-refractivity contribution is -0.118. The molecule has 0 aliphatic carbocycles. The zero-order valence-electron chi connectivity index (χ0n) is 10.2. The van der Waals surface area contributed by atoms with Crippen LogP contribution in [0.3, 0.4) is 0 Å². The molecule has 0 aliphatic heterocycles. The van der Waals surface area contributed by atoms with Gasteiger partial charge in [0.25, 0.3) is 0 Å². The molecule has 2 rings (SSSR count). The number of aromatic nitrogens is 4. The Hall–Kier alpha value is -1.76. The fourth-order valence-electron chi connectivity index (χ4n) is 1.67. The monoisotopic (exact) mass is 265 g/mol. The average molecular weight is 265 g/mol. The molecule has 2 N–H and O–H groups in total. The van der Waals surface area contributed by atoms with Crippen molar-refractivity contribution in [2.75, 3.05) is 5.73 Å². The van der Waals surface area contributed by atoms with Gasteiger partial charge in [-0.15, -0.1) is 11.3 Å². The number of ketones is 1. The summed E-state index contributed by atoms with van der Waals surface area (Å²) in [7, 11) is 0. The van der Waals surface area contributed by atoms with Gasteiger partial charge < -0.3 is 5.73 Å². The number of nitrogens with zero attached hydrogens (tertiary/aromatic N) is 4. The van der Waals surface area contributed by atoms with Crippen LogP contribution >= 0.6 is 11.3 Å². The maximum absolute atomic E-state index is 11.9. The quantitative estimate of drug-likeness (QED) is 0.844. The number of hydrogen-bond acceptors (Lipinski definition) is 6. The van der Waals surface area contributed by atoms with E-state index in [-0.39, 0.29) is 12.2 Å². The summed E-state index contributed by atoms with van der Waals surface area (Å²) in [5.41, 5.74) is 6.25. The molecule has 2 aromatic heterocycles. The summed E-state index contributed by atoms with van der Waals surface area (Å²) in [6, 6.07) is 0.